The molecule has 0 radical (unpaired) electrons. The Kier molecular flexibility index (Phi) is 5.15. The Bertz CT molecular complexity index is 403. The van der Waals surface area contributed by atoms with Crippen molar-refractivity contribution in [1.82, 2.24) is 15.1 Å². The van der Waals surface area contributed by atoms with E-state index in [9.17, 15) is 4.79 Å². The Morgan fingerprint density at radius 2 is 2.17 bits per heavy atom. The molecule has 0 aliphatic carbocycles. The minimum absolute atomic E-state index is 0.0189. The van der Waals surface area contributed by atoms with Crippen LogP contribution in [-0.4, -0.2) is 36.0 Å². The van der Waals surface area contributed by atoms with Gasteiger partial charge in [-0.25, -0.2) is 4.68 Å². The molecule has 0 aliphatic rings. The molecule has 0 saturated heterocycles. The Hall–Kier alpha value is -1.56. The molecule has 1 aromatic heterocycles. The standard InChI is InChI=1S/C12H21N3O3/c1-8(12(16)18-5)9(2)13-7-10-6-11(17-4)15(3)14-10/h6,8-9,13H,7H2,1-5H3. The Morgan fingerprint density at radius 1 is 1.50 bits per heavy atom. The smallest absolute Gasteiger partial charge is 0.309 e. The van der Waals surface area contributed by atoms with E-state index < -0.39 is 0 Å². The largest absolute Gasteiger partial charge is 0.481 e. The summed E-state index contributed by atoms with van der Waals surface area (Å²) in [5, 5.41) is 7.54. The molecule has 6 nitrogen and oxygen atoms in total. The summed E-state index contributed by atoms with van der Waals surface area (Å²) in [4.78, 5) is 11.4. The Balaban J connectivity index is 2.51. The number of rotatable bonds is 6. The molecule has 2 unspecified atom stereocenters. The zero-order valence-corrected chi connectivity index (χ0v) is 11.6. The van der Waals surface area contributed by atoms with Gasteiger partial charge in [0, 0.05) is 25.7 Å². The predicted molar refractivity (Wildman–Crippen MR) is 67.2 cm³/mol. The summed E-state index contributed by atoms with van der Waals surface area (Å²) in [5.74, 6) is 0.301. The van der Waals surface area contributed by atoms with Crippen molar-refractivity contribution in [3.8, 4) is 5.88 Å². The number of hydrogen-bond donors (Lipinski definition) is 1. The SMILES string of the molecule is COC(=O)C(C)C(C)NCc1cc(OC)n(C)n1. The fraction of sp³-hybridized carbons (Fsp3) is 0.667. The molecule has 0 saturated carbocycles. The summed E-state index contributed by atoms with van der Waals surface area (Å²) < 4.78 is 11.5. The molecule has 1 rings (SSSR count). The van der Waals surface area contributed by atoms with E-state index in [1.54, 1.807) is 11.8 Å². The molecular formula is C12H21N3O3. The lowest BCUT2D eigenvalue weighted by Gasteiger charge is -2.18. The van der Waals surface area contributed by atoms with Crippen molar-refractivity contribution in [3.63, 3.8) is 0 Å². The number of nitrogens with zero attached hydrogens (tertiary/aromatic N) is 2. The number of ether oxygens (including phenoxy) is 2. The van der Waals surface area contributed by atoms with Gasteiger partial charge in [-0.05, 0) is 6.92 Å². The van der Waals surface area contributed by atoms with Gasteiger partial charge in [-0.3, -0.25) is 4.79 Å². The van der Waals surface area contributed by atoms with E-state index in [0.29, 0.717) is 12.4 Å². The van der Waals surface area contributed by atoms with Crippen LogP contribution in [0.5, 0.6) is 5.88 Å². The maximum absolute atomic E-state index is 11.4. The van der Waals surface area contributed by atoms with Crippen LogP contribution < -0.4 is 10.1 Å². The molecule has 0 spiro atoms. The lowest BCUT2D eigenvalue weighted by atomic mass is 10.0. The number of aromatic nitrogens is 2. The van der Waals surface area contributed by atoms with Crippen LogP contribution in [0.3, 0.4) is 0 Å². The zero-order chi connectivity index (χ0) is 13.7. The van der Waals surface area contributed by atoms with Crippen LogP contribution in [0.2, 0.25) is 0 Å². The monoisotopic (exact) mass is 255 g/mol. The molecule has 1 aromatic rings. The third-order valence-corrected chi connectivity index (χ3v) is 3.02. The van der Waals surface area contributed by atoms with Crippen molar-refractivity contribution in [1.29, 1.82) is 0 Å². The number of methoxy groups -OCH3 is 2. The van der Waals surface area contributed by atoms with Crippen molar-refractivity contribution in [2.24, 2.45) is 13.0 Å². The minimum atomic E-state index is -0.214. The number of carbonyl (C=O) groups is 1. The molecule has 1 heterocycles. The molecule has 6 heteroatoms. The van der Waals surface area contributed by atoms with Crippen LogP contribution >= 0.6 is 0 Å². The number of esters is 1. The highest BCUT2D eigenvalue weighted by molar-refractivity contribution is 5.72. The third kappa shape index (κ3) is 3.46. The average Bonchev–Trinajstić information content (AvgIpc) is 2.74. The lowest BCUT2D eigenvalue weighted by Crippen LogP contribution is -2.36. The van der Waals surface area contributed by atoms with Gasteiger partial charge in [0.25, 0.3) is 0 Å². The Labute approximate surface area is 107 Å². The van der Waals surface area contributed by atoms with Crippen LogP contribution in [0.1, 0.15) is 19.5 Å². The Morgan fingerprint density at radius 3 is 2.67 bits per heavy atom. The van der Waals surface area contributed by atoms with E-state index in [1.807, 2.05) is 27.0 Å². The maximum Gasteiger partial charge on any atom is 0.309 e. The number of aryl methyl sites for hydroxylation is 1. The number of hydrogen-bond acceptors (Lipinski definition) is 5. The van der Waals surface area contributed by atoms with Gasteiger partial charge < -0.3 is 14.8 Å². The van der Waals surface area contributed by atoms with Crippen molar-refractivity contribution < 1.29 is 14.3 Å². The van der Waals surface area contributed by atoms with E-state index in [4.69, 9.17) is 9.47 Å². The summed E-state index contributed by atoms with van der Waals surface area (Å²) >= 11 is 0. The molecule has 18 heavy (non-hydrogen) atoms. The first-order valence-electron chi connectivity index (χ1n) is 5.87. The van der Waals surface area contributed by atoms with Crippen LogP contribution in [0, 0.1) is 5.92 Å². The minimum Gasteiger partial charge on any atom is -0.481 e. The van der Waals surface area contributed by atoms with E-state index in [0.717, 1.165) is 5.69 Å². The molecule has 0 fully saturated rings. The summed E-state index contributed by atoms with van der Waals surface area (Å²) in [6.07, 6.45) is 0. The van der Waals surface area contributed by atoms with E-state index >= 15 is 0 Å². The zero-order valence-electron chi connectivity index (χ0n) is 11.6. The van der Waals surface area contributed by atoms with Crippen molar-refractivity contribution in [2.75, 3.05) is 14.2 Å². The number of nitrogens with one attached hydrogen (secondary N) is 1. The molecule has 102 valence electrons. The first kappa shape index (κ1) is 14.5. The molecule has 0 amide bonds. The first-order valence-corrected chi connectivity index (χ1v) is 5.87. The molecule has 0 aliphatic heterocycles. The maximum atomic E-state index is 11.4. The molecule has 0 bridgehead atoms. The molecule has 2 atom stereocenters. The van der Waals surface area contributed by atoms with Crippen molar-refractivity contribution in [2.45, 2.75) is 26.4 Å². The van der Waals surface area contributed by atoms with Gasteiger partial charge in [0.05, 0.1) is 25.8 Å². The van der Waals surface area contributed by atoms with Gasteiger partial charge in [0.1, 0.15) is 0 Å². The van der Waals surface area contributed by atoms with Gasteiger partial charge in [0.2, 0.25) is 5.88 Å². The second kappa shape index (κ2) is 6.39. The molecule has 1 N–H and O–H groups in total. The van der Waals surface area contributed by atoms with E-state index in [-0.39, 0.29) is 17.9 Å². The van der Waals surface area contributed by atoms with Gasteiger partial charge in [0.15, 0.2) is 0 Å². The van der Waals surface area contributed by atoms with E-state index in [2.05, 4.69) is 10.4 Å². The highest BCUT2D eigenvalue weighted by atomic mass is 16.5. The van der Waals surface area contributed by atoms with Crippen LogP contribution in [0.4, 0.5) is 0 Å². The van der Waals surface area contributed by atoms with Gasteiger partial charge in [-0.1, -0.05) is 6.92 Å². The second-order valence-corrected chi connectivity index (χ2v) is 4.28. The summed E-state index contributed by atoms with van der Waals surface area (Å²) in [6, 6.07) is 1.88. The molecule has 0 aromatic carbocycles. The third-order valence-electron chi connectivity index (χ3n) is 3.02. The quantitative estimate of drug-likeness (QED) is 0.759. The van der Waals surface area contributed by atoms with E-state index in [1.165, 1.54) is 7.11 Å². The molecular weight excluding hydrogens is 234 g/mol. The van der Waals surface area contributed by atoms with Crippen LogP contribution in [0.25, 0.3) is 0 Å². The van der Waals surface area contributed by atoms with Crippen LogP contribution in [-0.2, 0) is 23.1 Å². The fourth-order valence-electron chi connectivity index (χ4n) is 1.62. The van der Waals surface area contributed by atoms with Gasteiger partial charge in [-0.15, -0.1) is 0 Å². The first-order chi connectivity index (χ1) is 8.49. The average molecular weight is 255 g/mol. The lowest BCUT2D eigenvalue weighted by molar-refractivity contribution is -0.145. The summed E-state index contributed by atoms with van der Waals surface area (Å²) in [5.41, 5.74) is 0.873. The summed E-state index contributed by atoms with van der Waals surface area (Å²) in [6.45, 7) is 4.37. The van der Waals surface area contributed by atoms with Crippen molar-refractivity contribution in [3.05, 3.63) is 11.8 Å². The topological polar surface area (TPSA) is 65.4 Å². The highest BCUT2D eigenvalue weighted by Gasteiger charge is 2.20. The normalized spacial score (nSPS) is 14.1. The summed E-state index contributed by atoms with van der Waals surface area (Å²) in [7, 11) is 4.83. The van der Waals surface area contributed by atoms with Crippen molar-refractivity contribution >= 4 is 5.97 Å². The van der Waals surface area contributed by atoms with Gasteiger partial charge >= 0.3 is 5.97 Å². The number of carbonyl (C=O) groups excluding carboxylic acids is 1. The van der Waals surface area contributed by atoms with Crippen LogP contribution in [0.15, 0.2) is 6.07 Å². The fourth-order valence-corrected chi connectivity index (χ4v) is 1.62. The predicted octanol–water partition coefficient (Wildman–Crippen LogP) is 0.716. The van der Waals surface area contributed by atoms with Gasteiger partial charge in [-0.2, -0.15) is 5.10 Å². The second-order valence-electron chi connectivity index (χ2n) is 4.28. The highest BCUT2D eigenvalue weighted by Crippen LogP contribution is 2.12.